The van der Waals surface area contributed by atoms with Crippen LogP contribution in [0.1, 0.15) is 29.5 Å². The molecule has 0 bridgehead atoms. The minimum Gasteiger partial charge on any atom is -0.493 e. The van der Waals surface area contributed by atoms with Crippen LogP contribution < -0.4 is 10.1 Å². The summed E-state index contributed by atoms with van der Waals surface area (Å²) in [5, 5.41) is 3.00. The molecule has 6 nitrogen and oxygen atoms in total. The molecule has 0 aliphatic carbocycles. The number of imidazole rings is 1. The number of thiazole rings is 1. The number of para-hydroxylation sites is 1. The minimum absolute atomic E-state index is 0.116. The number of amides is 1. The Balaban J connectivity index is 1.86. The van der Waals surface area contributed by atoms with E-state index in [0.29, 0.717) is 33.6 Å². The number of benzene rings is 1. The number of anilines is 1. The maximum Gasteiger partial charge on any atom is 0.320 e. The van der Waals surface area contributed by atoms with Crippen LogP contribution in [-0.2, 0) is 0 Å². The van der Waals surface area contributed by atoms with Gasteiger partial charge in [-0.2, -0.15) is 8.78 Å². The van der Waals surface area contributed by atoms with Crippen LogP contribution in [0, 0.1) is 6.92 Å². The normalized spacial score (nSPS) is 11.0. The average molecular weight is 378 g/mol. The first-order chi connectivity index (χ1) is 12.5. The Morgan fingerprint density at radius 1 is 1.38 bits per heavy atom. The predicted octanol–water partition coefficient (Wildman–Crippen LogP) is 4.36. The van der Waals surface area contributed by atoms with Crippen molar-refractivity contribution in [2.75, 3.05) is 11.9 Å². The lowest BCUT2D eigenvalue weighted by Gasteiger charge is -2.08. The molecule has 136 valence electrons. The van der Waals surface area contributed by atoms with Gasteiger partial charge in [0.25, 0.3) is 5.91 Å². The lowest BCUT2D eigenvalue weighted by molar-refractivity contribution is 0.0720. The minimum atomic E-state index is -2.70. The summed E-state index contributed by atoms with van der Waals surface area (Å²) in [6.45, 7) is 1.24. The largest absolute Gasteiger partial charge is 0.493 e. The Bertz CT molecular complexity index is 923. The van der Waals surface area contributed by atoms with Crippen molar-refractivity contribution in [1.82, 2.24) is 14.5 Å². The van der Waals surface area contributed by atoms with Gasteiger partial charge in [0, 0.05) is 12.4 Å². The molecule has 3 rings (SSSR count). The number of halogens is 2. The van der Waals surface area contributed by atoms with E-state index < -0.39 is 6.55 Å². The Morgan fingerprint density at radius 3 is 2.88 bits per heavy atom. The zero-order chi connectivity index (χ0) is 18.7. The summed E-state index contributed by atoms with van der Waals surface area (Å²) in [4.78, 5) is 21.2. The molecular weight excluding hydrogens is 362 g/mol. The second-order valence-corrected chi connectivity index (χ2v) is 6.25. The first-order valence-corrected chi connectivity index (χ1v) is 8.64. The van der Waals surface area contributed by atoms with Crippen LogP contribution in [0.2, 0.25) is 0 Å². The maximum atomic E-state index is 13.1. The summed E-state index contributed by atoms with van der Waals surface area (Å²) >= 11 is 1.09. The zero-order valence-corrected chi connectivity index (χ0v) is 14.9. The van der Waals surface area contributed by atoms with Crippen molar-refractivity contribution < 1.29 is 18.3 Å². The highest BCUT2D eigenvalue weighted by Crippen LogP contribution is 2.34. The molecule has 0 unspecified atom stereocenters. The maximum absolute atomic E-state index is 13.1. The molecule has 3 aromatic rings. The summed E-state index contributed by atoms with van der Waals surface area (Å²) < 4.78 is 32.3. The van der Waals surface area contributed by atoms with Crippen molar-refractivity contribution in [1.29, 1.82) is 0 Å². The van der Waals surface area contributed by atoms with Gasteiger partial charge in [-0.1, -0.05) is 23.5 Å². The van der Waals surface area contributed by atoms with E-state index in [9.17, 15) is 13.6 Å². The number of rotatable bonds is 6. The molecule has 26 heavy (non-hydrogen) atoms. The van der Waals surface area contributed by atoms with Crippen molar-refractivity contribution in [2.45, 2.75) is 20.4 Å². The Labute approximate surface area is 152 Å². The molecule has 0 atom stereocenters. The van der Waals surface area contributed by atoms with Crippen molar-refractivity contribution >= 4 is 22.4 Å². The second-order valence-electron chi connectivity index (χ2n) is 5.25. The molecule has 0 aliphatic heterocycles. The molecule has 1 amide bonds. The first kappa shape index (κ1) is 18.0. The number of ether oxygens (including phenoxy) is 1. The third kappa shape index (κ3) is 3.57. The topological polar surface area (TPSA) is 69.0 Å². The highest BCUT2D eigenvalue weighted by molar-refractivity contribution is 7.19. The summed E-state index contributed by atoms with van der Waals surface area (Å²) in [6, 6.07) is 6.86. The van der Waals surface area contributed by atoms with Gasteiger partial charge in [-0.3, -0.25) is 14.7 Å². The fourth-order valence-corrected chi connectivity index (χ4v) is 3.37. The monoisotopic (exact) mass is 378 g/mol. The average Bonchev–Trinajstić information content (AvgIpc) is 3.22. The molecule has 0 radical (unpaired) electrons. The van der Waals surface area contributed by atoms with Crippen LogP contribution in [0.5, 0.6) is 5.75 Å². The molecule has 0 aliphatic rings. The molecule has 0 fully saturated rings. The van der Waals surface area contributed by atoms with Gasteiger partial charge in [-0.05, 0) is 26.0 Å². The highest BCUT2D eigenvalue weighted by atomic mass is 32.1. The van der Waals surface area contributed by atoms with Crippen molar-refractivity contribution in [2.24, 2.45) is 0 Å². The number of alkyl halides is 2. The third-order valence-electron chi connectivity index (χ3n) is 3.53. The number of hydrogen-bond acceptors (Lipinski definition) is 5. The second kappa shape index (κ2) is 7.61. The van der Waals surface area contributed by atoms with E-state index >= 15 is 0 Å². The summed E-state index contributed by atoms with van der Waals surface area (Å²) in [5.41, 5.74) is 0.884. The van der Waals surface area contributed by atoms with E-state index in [1.807, 2.05) is 6.92 Å². The molecule has 2 heterocycles. The molecule has 0 saturated carbocycles. The fourth-order valence-electron chi connectivity index (χ4n) is 2.40. The smallest absolute Gasteiger partial charge is 0.320 e. The van der Waals surface area contributed by atoms with Gasteiger partial charge in [0.1, 0.15) is 5.75 Å². The Kier molecular flexibility index (Phi) is 5.27. The SMILES string of the molecule is CCOc1ccccc1C(=O)Nc1nc(C)c(-c2nccn2C(F)F)s1. The van der Waals surface area contributed by atoms with E-state index in [1.165, 1.54) is 12.4 Å². The molecule has 1 N–H and O–H groups in total. The van der Waals surface area contributed by atoms with Crippen LogP contribution in [0.4, 0.5) is 13.9 Å². The number of nitrogens with one attached hydrogen (secondary N) is 1. The third-order valence-corrected chi connectivity index (χ3v) is 4.60. The van der Waals surface area contributed by atoms with Gasteiger partial charge in [-0.15, -0.1) is 0 Å². The molecule has 1 aromatic carbocycles. The van der Waals surface area contributed by atoms with Crippen LogP contribution in [-0.4, -0.2) is 27.0 Å². The number of carbonyl (C=O) groups excluding carboxylic acids is 1. The summed E-state index contributed by atoms with van der Waals surface area (Å²) in [6.07, 6.45) is 2.51. The van der Waals surface area contributed by atoms with Gasteiger partial charge >= 0.3 is 6.55 Å². The van der Waals surface area contributed by atoms with E-state index in [-0.39, 0.29) is 11.7 Å². The van der Waals surface area contributed by atoms with Crippen molar-refractivity contribution in [3.8, 4) is 16.5 Å². The zero-order valence-electron chi connectivity index (χ0n) is 14.1. The van der Waals surface area contributed by atoms with Gasteiger partial charge in [0.05, 0.1) is 22.7 Å². The van der Waals surface area contributed by atoms with E-state index in [4.69, 9.17) is 4.74 Å². The number of aryl methyl sites for hydroxylation is 1. The van der Waals surface area contributed by atoms with Crippen molar-refractivity contribution in [3.05, 3.63) is 47.9 Å². The predicted molar refractivity (Wildman–Crippen MR) is 94.9 cm³/mol. The fraction of sp³-hybridized carbons (Fsp3) is 0.235. The van der Waals surface area contributed by atoms with Gasteiger partial charge in [0.15, 0.2) is 11.0 Å². The number of nitrogens with zero attached hydrogens (tertiary/aromatic N) is 3. The van der Waals surface area contributed by atoms with Crippen LogP contribution >= 0.6 is 11.3 Å². The number of carbonyl (C=O) groups is 1. The quantitative estimate of drug-likeness (QED) is 0.692. The van der Waals surface area contributed by atoms with Gasteiger partial charge in [-0.25, -0.2) is 9.97 Å². The first-order valence-electron chi connectivity index (χ1n) is 7.83. The van der Waals surface area contributed by atoms with Crippen LogP contribution in [0.3, 0.4) is 0 Å². The molecular formula is C17H16F2N4O2S. The number of hydrogen-bond donors (Lipinski definition) is 1. The lowest BCUT2D eigenvalue weighted by Crippen LogP contribution is -2.13. The molecule has 0 saturated heterocycles. The standard InChI is InChI=1S/C17H16F2N4O2S/c1-3-25-12-7-5-4-6-11(12)15(24)22-17-21-10(2)13(26-17)14-20-8-9-23(14)16(18)19/h4-9,16H,3H2,1-2H3,(H,21,22,24). The molecule has 2 aromatic heterocycles. The van der Waals surface area contributed by atoms with E-state index in [2.05, 4.69) is 15.3 Å². The van der Waals surface area contributed by atoms with E-state index in [0.717, 1.165) is 15.9 Å². The van der Waals surface area contributed by atoms with Gasteiger partial charge < -0.3 is 4.74 Å². The molecule has 0 spiro atoms. The van der Waals surface area contributed by atoms with Crippen LogP contribution in [0.25, 0.3) is 10.7 Å². The Morgan fingerprint density at radius 2 is 2.15 bits per heavy atom. The van der Waals surface area contributed by atoms with Gasteiger partial charge in [0.2, 0.25) is 0 Å². The lowest BCUT2D eigenvalue weighted by atomic mass is 10.2. The Hall–Kier alpha value is -2.81. The summed E-state index contributed by atoms with van der Waals surface area (Å²) in [5.74, 6) is 0.200. The number of aromatic nitrogens is 3. The summed E-state index contributed by atoms with van der Waals surface area (Å²) in [7, 11) is 0. The van der Waals surface area contributed by atoms with E-state index in [1.54, 1.807) is 31.2 Å². The highest BCUT2D eigenvalue weighted by Gasteiger charge is 2.20. The van der Waals surface area contributed by atoms with Crippen LogP contribution in [0.15, 0.2) is 36.7 Å². The van der Waals surface area contributed by atoms with Crippen molar-refractivity contribution in [3.63, 3.8) is 0 Å². The molecule has 9 heteroatoms.